The van der Waals surface area contributed by atoms with Crippen molar-refractivity contribution >= 4 is 29.4 Å². The lowest BCUT2D eigenvalue weighted by molar-refractivity contribution is -0.138. The Balaban J connectivity index is 1.71. The number of amides is 2. The molecule has 0 bridgehead atoms. The van der Waals surface area contributed by atoms with Crippen LogP contribution in [0.25, 0.3) is 0 Å². The number of nitrogens with one attached hydrogen (secondary N) is 1. The van der Waals surface area contributed by atoms with E-state index in [1.165, 1.54) is 22.9 Å². The number of anilines is 1. The number of urea groups is 1. The first kappa shape index (κ1) is 23.0. The maximum atomic E-state index is 13.0. The number of rotatable bonds is 8. The van der Waals surface area contributed by atoms with Gasteiger partial charge in [0, 0.05) is 23.2 Å². The second-order valence-corrected chi connectivity index (χ2v) is 9.96. The summed E-state index contributed by atoms with van der Waals surface area (Å²) in [5.41, 5.74) is 3.15. The van der Waals surface area contributed by atoms with Crippen molar-refractivity contribution in [1.82, 2.24) is 4.90 Å². The molecule has 2 N–H and O–H groups in total. The van der Waals surface area contributed by atoms with Gasteiger partial charge in [-0.2, -0.15) is 0 Å². The van der Waals surface area contributed by atoms with E-state index in [9.17, 15) is 14.7 Å². The number of carbonyl (C=O) groups is 2. The van der Waals surface area contributed by atoms with E-state index in [-0.39, 0.29) is 12.1 Å². The molecule has 0 spiro atoms. The normalized spacial score (nSPS) is 15.3. The van der Waals surface area contributed by atoms with E-state index in [0.29, 0.717) is 6.54 Å². The van der Waals surface area contributed by atoms with Crippen molar-refractivity contribution in [2.24, 2.45) is 0 Å². The van der Waals surface area contributed by atoms with Crippen LogP contribution in [-0.2, 0) is 17.6 Å². The number of aliphatic carboxylic acids is 1. The number of fused-ring (bicyclic) bond motifs is 1. The van der Waals surface area contributed by atoms with Crippen molar-refractivity contribution in [3.63, 3.8) is 0 Å². The predicted molar refractivity (Wildman–Crippen MR) is 124 cm³/mol. The summed E-state index contributed by atoms with van der Waals surface area (Å²) in [6, 6.07) is 13.4. The summed E-state index contributed by atoms with van der Waals surface area (Å²) in [6.45, 7) is 6.16. The van der Waals surface area contributed by atoms with Gasteiger partial charge in [0.15, 0.2) is 0 Å². The van der Waals surface area contributed by atoms with Crippen LogP contribution in [0.3, 0.4) is 0 Å². The van der Waals surface area contributed by atoms with Gasteiger partial charge in [0.1, 0.15) is 10.5 Å². The second-order valence-electron chi connectivity index (χ2n) is 8.26. The Morgan fingerprint density at radius 2 is 1.84 bits per heavy atom. The minimum absolute atomic E-state index is 0.0842. The summed E-state index contributed by atoms with van der Waals surface area (Å²) >= 11 is 1.35. The standard InChI is InChI=1S/C24H30N2O4S/c1-5-12-26(23(29)25-18-7-9-20(30-4)10-8-18)19-13-16-6-11-21(15-17(16)14-19)31-24(2,3)22(27)28/h6-11,15,19H,5,12-14H2,1-4H3,(H,25,29)(H,27,28). The predicted octanol–water partition coefficient (Wildman–Crippen LogP) is 5.06. The van der Waals surface area contributed by atoms with Gasteiger partial charge >= 0.3 is 12.0 Å². The van der Waals surface area contributed by atoms with E-state index in [4.69, 9.17) is 4.74 Å². The molecule has 0 aromatic heterocycles. The number of thioether (sulfide) groups is 1. The van der Waals surface area contributed by atoms with Crippen LogP contribution in [0.1, 0.15) is 38.3 Å². The van der Waals surface area contributed by atoms with E-state index in [2.05, 4.69) is 24.4 Å². The molecule has 1 aliphatic carbocycles. The highest BCUT2D eigenvalue weighted by atomic mass is 32.2. The molecular weight excluding hydrogens is 412 g/mol. The average Bonchev–Trinajstić information content (AvgIpc) is 3.15. The first-order chi connectivity index (χ1) is 14.7. The number of carbonyl (C=O) groups excluding carboxylic acids is 1. The average molecular weight is 443 g/mol. The van der Waals surface area contributed by atoms with E-state index in [0.717, 1.165) is 35.6 Å². The van der Waals surface area contributed by atoms with Crippen molar-refractivity contribution in [1.29, 1.82) is 0 Å². The molecule has 7 heteroatoms. The molecule has 0 radical (unpaired) electrons. The number of nitrogens with zero attached hydrogens (tertiary/aromatic N) is 1. The van der Waals surface area contributed by atoms with Crippen molar-refractivity contribution in [2.45, 2.75) is 55.7 Å². The van der Waals surface area contributed by atoms with Gasteiger partial charge in [0.2, 0.25) is 0 Å². The Bertz CT molecular complexity index is 943. The maximum Gasteiger partial charge on any atom is 0.322 e. The summed E-state index contributed by atoms with van der Waals surface area (Å²) in [4.78, 5) is 27.3. The summed E-state index contributed by atoms with van der Waals surface area (Å²) < 4.78 is 4.28. The Kier molecular flexibility index (Phi) is 7.15. The Hall–Kier alpha value is -2.67. The zero-order valence-corrected chi connectivity index (χ0v) is 19.3. The molecule has 0 fully saturated rings. The molecule has 1 atom stereocenters. The SMILES string of the molecule is CCCN(C(=O)Nc1ccc(OC)cc1)C1Cc2ccc(SC(C)(C)C(=O)O)cc2C1. The third kappa shape index (κ3) is 5.53. The van der Waals surface area contributed by atoms with Crippen LogP contribution in [0.2, 0.25) is 0 Å². The number of carboxylic acid groups (broad SMARTS) is 1. The van der Waals surface area contributed by atoms with Crippen molar-refractivity contribution < 1.29 is 19.4 Å². The summed E-state index contributed by atoms with van der Waals surface area (Å²) in [5.74, 6) is -0.0883. The van der Waals surface area contributed by atoms with Gasteiger partial charge in [-0.15, -0.1) is 11.8 Å². The van der Waals surface area contributed by atoms with E-state index in [1.54, 1.807) is 21.0 Å². The Labute approximate surface area is 188 Å². The molecule has 3 rings (SSSR count). The number of hydrogen-bond donors (Lipinski definition) is 2. The molecular formula is C24H30N2O4S. The lowest BCUT2D eigenvalue weighted by Gasteiger charge is -2.29. The number of ether oxygens (including phenoxy) is 1. The molecule has 6 nitrogen and oxygen atoms in total. The van der Waals surface area contributed by atoms with Gasteiger partial charge in [-0.25, -0.2) is 4.79 Å². The first-order valence-corrected chi connectivity index (χ1v) is 11.3. The molecule has 0 heterocycles. The molecule has 166 valence electrons. The highest BCUT2D eigenvalue weighted by Crippen LogP contribution is 2.36. The van der Waals surface area contributed by atoms with Gasteiger partial charge in [-0.05, 0) is 80.6 Å². The highest BCUT2D eigenvalue weighted by Gasteiger charge is 2.32. The van der Waals surface area contributed by atoms with Gasteiger partial charge in [0.25, 0.3) is 0 Å². The second kappa shape index (κ2) is 9.64. The molecule has 2 aromatic carbocycles. The molecule has 31 heavy (non-hydrogen) atoms. The van der Waals surface area contributed by atoms with Crippen LogP contribution >= 0.6 is 11.8 Å². The zero-order chi connectivity index (χ0) is 22.6. The molecule has 1 aliphatic rings. The topological polar surface area (TPSA) is 78.9 Å². The molecule has 2 amide bonds. The lowest BCUT2D eigenvalue weighted by Crippen LogP contribution is -2.43. The van der Waals surface area contributed by atoms with Gasteiger partial charge in [-0.3, -0.25) is 4.79 Å². The van der Waals surface area contributed by atoms with Crippen LogP contribution in [0.15, 0.2) is 47.4 Å². The van der Waals surface area contributed by atoms with Gasteiger partial charge in [-0.1, -0.05) is 13.0 Å². The first-order valence-electron chi connectivity index (χ1n) is 10.5. The minimum atomic E-state index is -0.890. The Morgan fingerprint density at radius 1 is 1.16 bits per heavy atom. The Morgan fingerprint density at radius 3 is 2.45 bits per heavy atom. The fourth-order valence-corrected chi connectivity index (χ4v) is 4.77. The lowest BCUT2D eigenvalue weighted by atomic mass is 10.1. The van der Waals surface area contributed by atoms with Crippen molar-refractivity contribution in [3.05, 3.63) is 53.6 Å². The van der Waals surface area contributed by atoms with Gasteiger partial charge in [0.05, 0.1) is 7.11 Å². The number of methoxy groups -OCH3 is 1. The summed E-state index contributed by atoms with van der Waals surface area (Å²) in [5, 5.41) is 12.4. The van der Waals surface area contributed by atoms with Crippen LogP contribution in [0.4, 0.5) is 10.5 Å². The number of benzene rings is 2. The summed E-state index contributed by atoms with van der Waals surface area (Å²) in [7, 11) is 1.61. The van der Waals surface area contributed by atoms with E-state index >= 15 is 0 Å². The molecule has 0 saturated heterocycles. The molecule has 1 unspecified atom stereocenters. The quantitative estimate of drug-likeness (QED) is 0.559. The molecule has 0 aliphatic heterocycles. The van der Waals surface area contributed by atoms with E-state index in [1.807, 2.05) is 35.2 Å². The third-order valence-electron chi connectivity index (χ3n) is 5.48. The fourth-order valence-electron chi connectivity index (χ4n) is 3.75. The van der Waals surface area contributed by atoms with Crippen LogP contribution in [-0.4, -0.2) is 46.5 Å². The smallest absolute Gasteiger partial charge is 0.322 e. The number of carboxylic acids is 1. The minimum Gasteiger partial charge on any atom is -0.497 e. The number of hydrogen-bond acceptors (Lipinski definition) is 4. The van der Waals surface area contributed by atoms with Crippen LogP contribution < -0.4 is 10.1 Å². The van der Waals surface area contributed by atoms with Crippen molar-refractivity contribution in [2.75, 3.05) is 19.0 Å². The monoisotopic (exact) mass is 442 g/mol. The highest BCUT2D eigenvalue weighted by molar-refractivity contribution is 8.01. The van der Waals surface area contributed by atoms with Crippen molar-refractivity contribution in [3.8, 4) is 5.75 Å². The third-order valence-corrected chi connectivity index (χ3v) is 6.66. The summed E-state index contributed by atoms with van der Waals surface area (Å²) in [6.07, 6.45) is 2.45. The fraction of sp³-hybridized carbons (Fsp3) is 0.417. The van der Waals surface area contributed by atoms with E-state index < -0.39 is 10.7 Å². The van der Waals surface area contributed by atoms with Gasteiger partial charge < -0.3 is 20.1 Å². The largest absolute Gasteiger partial charge is 0.497 e. The molecule has 2 aromatic rings. The van der Waals surface area contributed by atoms with Crippen LogP contribution in [0, 0.1) is 0 Å². The molecule has 0 saturated carbocycles. The maximum absolute atomic E-state index is 13.0. The van der Waals surface area contributed by atoms with Crippen LogP contribution in [0.5, 0.6) is 5.75 Å². The zero-order valence-electron chi connectivity index (χ0n) is 18.5.